The van der Waals surface area contributed by atoms with Gasteiger partial charge in [0.15, 0.2) is 17.6 Å². The van der Waals surface area contributed by atoms with E-state index in [0.29, 0.717) is 12.0 Å². The van der Waals surface area contributed by atoms with Gasteiger partial charge in [-0.2, -0.15) is 0 Å². The van der Waals surface area contributed by atoms with Crippen LogP contribution in [0.4, 0.5) is 0 Å². The number of carbonyl (C=O) groups excluding carboxylic acids is 1. The highest BCUT2D eigenvalue weighted by Crippen LogP contribution is 2.63. The summed E-state index contributed by atoms with van der Waals surface area (Å²) in [5.74, 6) is 2.15. The Hall–Kier alpha value is -2.01. The van der Waals surface area contributed by atoms with E-state index in [1.54, 1.807) is 7.11 Å². The molecule has 4 atom stereocenters. The van der Waals surface area contributed by atoms with Gasteiger partial charge in [0.05, 0.1) is 7.11 Å². The van der Waals surface area contributed by atoms with E-state index in [1.165, 1.54) is 11.1 Å². The number of benzene rings is 1. The lowest BCUT2D eigenvalue weighted by molar-refractivity contribution is -0.132. The van der Waals surface area contributed by atoms with Gasteiger partial charge in [-0.1, -0.05) is 6.07 Å². The Kier molecular flexibility index (Phi) is 3.27. The number of Topliss-reactive ketones (excluding diaryl/α,β-unsaturated/α-hetero) is 1. The zero-order valence-electron chi connectivity index (χ0n) is 15.9. The molecule has 1 aromatic carbocycles. The van der Waals surface area contributed by atoms with Crippen LogP contribution in [0, 0.1) is 5.92 Å². The minimum atomic E-state index is -0.408. The zero-order valence-corrected chi connectivity index (χ0v) is 15.9. The minimum Gasteiger partial charge on any atom is -0.493 e. The Morgan fingerprint density at radius 1 is 1.35 bits per heavy atom. The molecule has 0 N–H and O–H groups in total. The Morgan fingerprint density at radius 3 is 2.88 bits per heavy atom. The summed E-state index contributed by atoms with van der Waals surface area (Å²) in [6.07, 6.45) is 4.42. The SMILES string of the molecule is COc1ccc2c3c1O[C@H]1C(=O)/C(=C/N(C)C)CC4C(C2)N(C)CCC341. The summed E-state index contributed by atoms with van der Waals surface area (Å²) in [6.45, 7) is 1.01. The molecule has 2 bridgehead atoms. The van der Waals surface area contributed by atoms with E-state index < -0.39 is 6.10 Å². The van der Waals surface area contributed by atoms with E-state index in [-0.39, 0.29) is 11.2 Å². The standard InChI is InChI=1S/C21H26N2O3/c1-22(2)11-13-9-14-15-10-12-5-6-16(25-4)19-17(12)21(14,7-8-23(15)3)20(26-19)18(13)24/h5-6,11,14-15,20H,7-10H2,1-4H3/b13-11+/t14?,15?,20-,21?/m0/s1. The van der Waals surface area contributed by atoms with Crippen LogP contribution in [0.25, 0.3) is 0 Å². The summed E-state index contributed by atoms with van der Waals surface area (Å²) in [5, 5.41) is 0. The number of ketones is 1. The maximum atomic E-state index is 13.4. The molecule has 138 valence electrons. The van der Waals surface area contributed by atoms with Crippen LogP contribution in [0.5, 0.6) is 11.5 Å². The van der Waals surface area contributed by atoms with Crippen LogP contribution in [0.2, 0.25) is 0 Å². The lowest BCUT2D eigenvalue weighted by Crippen LogP contribution is -2.65. The molecular weight excluding hydrogens is 328 g/mol. The molecule has 5 nitrogen and oxygen atoms in total. The second-order valence-electron chi connectivity index (χ2n) is 8.46. The molecule has 3 unspecified atom stereocenters. The molecule has 1 spiro atoms. The fourth-order valence-corrected chi connectivity index (χ4v) is 5.98. The molecule has 1 saturated carbocycles. The lowest BCUT2D eigenvalue weighted by Gasteiger charge is -2.57. The van der Waals surface area contributed by atoms with Gasteiger partial charge in [0.1, 0.15) is 0 Å². The van der Waals surface area contributed by atoms with E-state index in [2.05, 4.69) is 18.0 Å². The average molecular weight is 354 g/mol. The molecule has 0 amide bonds. The maximum absolute atomic E-state index is 13.4. The summed E-state index contributed by atoms with van der Waals surface area (Å²) in [6, 6.07) is 4.64. The third-order valence-corrected chi connectivity index (χ3v) is 7.00. The van der Waals surface area contributed by atoms with Crippen molar-refractivity contribution in [2.45, 2.75) is 36.8 Å². The van der Waals surface area contributed by atoms with Crippen LogP contribution in [0.3, 0.4) is 0 Å². The number of ether oxygens (including phenoxy) is 2. The molecule has 5 rings (SSSR count). The number of hydrogen-bond acceptors (Lipinski definition) is 5. The van der Waals surface area contributed by atoms with Gasteiger partial charge in [-0.15, -0.1) is 0 Å². The van der Waals surface area contributed by atoms with Gasteiger partial charge in [0, 0.05) is 42.9 Å². The highest BCUT2D eigenvalue weighted by Gasteiger charge is 2.66. The minimum absolute atomic E-state index is 0.157. The fraction of sp³-hybridized carbons (Fsp3) is 0.571. The second-order valence-corrected chi connectivity index (χ2v) is 8.46. The van der Waals surface area contributed by atoms with Crippen molar-refractivity contribution in [2.75, 3.05) is 34.8 Å². The summed E-state index contributed by atoms with van der Waals surface area (Å²) >= 11 is 0. The Labute approximate surface area is 154 Å². The van der Waals surface area contributed by atoms with Crippen molar-refractivity contribution in [3.63, 3.8) is 0 Å². The lowest BCUT2D eigenvalue weighted by atomic mass is 9.51. The number of rotatable bonds is 2. The smallest absolute Gasteiger partial charge is 0.201 e. The molecule has 1 saturated heterocycles. The molecule has 26 heavy (non-hydrogen) atoms. The van der Waals surface area contributed by atoms with Crippen LogP contribution in [-0.2, 0) is 16.6 Å². The van der Waals surface area contributed by atoms with E-state index in [0.717, 1.165) is 42.9 Å². The van der Waals surface area contributed by atoms with Crippen molar-refractivity contribution in [1.82, 2.24) is 9.80 Å². The van der Waals surface area contributed by atoms with Crippen molar-refractivity contribution in [1.29, 1.82) is 0 Å². The van der Waals surface area contributed by atoms with Crippen LogP contribution in [0.1, 0.15) is 24.0 Å². The van der Waals surface area contributed by atoms with E-state index in [9.17, 15) is 4.79 Å². The number of nitrogens with zero attached hydrogens (tertiary/aromatic N) is 2. The predicted octanol–water partition coefficient (Wildman–Crippen LogP) is 1.99. The van der Waals surface area contributed by atoms with Gasteiger partial charge in [-0.25, -0.2) is 0 Å². The van der Waals surface area contributed by atoms with E-state index in [4.69, 9.17) is 9.47 Å². The zero-order chi connectivity index (χ0) is 18.2. The summed E-state index contributed by atoms with van der Waals surface area (Å²) in [7, 11) is 7.86. The second kappa shape index (κ2) is 5.26. The van der Waals surface area contributed by atoms with Crippen molar-refractivity contribution in [2.24, 2.45) is 5.92 Å². The van der Waals surface area contributed by atoms with Gasteiger partial charge < -0.3 is 19.3 Å². The third kappa shape index (κ3) is 1.82. The molecule has 2 heterocycles. The quantitative estimate of drug-likeness (QED) is 0.760. The number of carbonyl (C=O) groups is 1. The highest BCUT2D eigenvalue weighted by molar-refractivity contribution is 6.02. The topological polar surface area (TPSA) is 42.0 Å². The molecular formula is C21H26N2O3. The van der Waals surface area contributed by atoms with Crippen LogP contribution in [-0.4, -0.2) is 62.5 Å². The number of methoxy groups -OCH3 is 1. The van der Waals surface area contributed by atoms with Crippen LogP contribution >= 0.6 is 0 Å². The Bertz CT molecular complexity index is 831. The number of piperidine rings is 1. The first-order valence-corrected chi connectivity index (χ1v) is 9.46. The first-order chi connectivity index (χ1) is 12.5. The van der Waals surface area contributed by atoms with E-state index in [1.807, 2.05) is 31.3 Å². The summed E-state index contributed by atoms with van der Waals surface area (Å²) in [4.78, 5) is 17.9. The van der Waals surface area contributed by atoms with Gasteiger partial charge in [-0.3, -0.25) is 4.79 Å². The van der Waals surface area contributed by atoms with Crippen molar-refractivity contribution < 1.29 is 14.3 Å². The Balaban J connectivity index is 1.75. The van der Waals surface area contributed by atoms with Crippen LogP contribution in [0.15, 0.2) is 23.9 Å². The average Bonchev–Trinajstić information content (AvgIpc) is 2.95. The van der Waals surface area contributed by atoms with Crippen molar-refractivity contribution >= 4 is 5.78 Å². The number of likely N-dealkylation sites (N-methyl/N-ethyl adjacent to an activating group) is 1. The highest BCUT2D eigenvalue weighted by atomic mass is 16.5. The largest absolute Gasteiger partial charge is 0.493 e. The molecule has 5 heteroatoms. The molecule has 2 aliphatic heterocycles. The molecule has 2 aliphatic carbocycles. The van der Waals surface area contributed by atoms with Gasteiger partial charge in [-0.05, 0) is 50.4 Å². The van der Waals surface area contributed by atoms with Gasteiger partial charge in [0.25, 0.3) is 0 Å². The normalized spacial score (nSPS) is 35.9. The third-order valence-electron chi connectivity index (χ3n) is 7.00. The monoisotopic (exact) mass is 354 g/mol. The fourth-order valence-electron chi connectivity index (χ4n) is 5.98. The van der Waals surface area contributed by atoms with Gasteiger partial charge >= 0.3 is 0 Å². The van der Waals surface area contributed by atoms with Crippen molar-refractivity contribution in [3.8, 4) is 11.5 Å². The Morgan fingerprint density at radius 2 is 2.15 bits per heavy atom. The molecule has 0 aromatic heterocycles. The van der Waals surface area contributed by atoms with Crippen molar-refractivity contribution in [3.05, 3.63) is 35.0 Å². The molecule has 0 radical (unpaired) electrons. The first-order valence-electron chi connectivity index (χ1n) is 9.46. The molecule has 1 aromatic rings. The number of likely N-dealkylation sites (tertiary alicyclic amines) is 1. The predicted molar refractivity (Wildman–Crippen MR) is 98.7 cm³/mol. The molecule has 4 aliphatic rings. The molecule has 2 fully saturated rings. The first kappa shape index (κ1) is 16.2. The van der Waals surface area contributed by atoms with E-state index >= 15 is 0 Å². The summed E-state index contributed by atoms with van der Waals surface area (Å²) < 4.78 is 12.0. The summed E-state index contributed by atoms with van der Waals surface area (Å²) in [5.41, 5.74) is 3.32. The number of hydrogen-bond donors (Lipinski definition) is 0. The maximum Gasteiger partial charge on any atom is 0.201 e. The van der Waals surface area contributed by atoms with Crippen LogP contribution < -0.4 is 9.47 Å². The van der Waals surface area contributed by atoms with Gasteiger partial charge in [0.2, 0.25) is 5.78 Å².